The lowest BCUT2D eigenvalue weighted by atomic mass is 10.1. The maximum Gasteiger partial charge on any atom is 0.168 e. The molecule has 0 aliphatic rings. The summed E-state index contributed by atoms with van der Waals surface area (Å²) in [6.45, 7) is 0. The predicted molar refractivity (Wildman–Crippen MR) is 310 cm³/mol. The average Bonchev–Trinajstić information content (AvgIpc) is 4.19. The molecule has 354 valence electrons. The van der Waals surface area contributed by atoms with Gasteiger partial charge >= 0.3 is 0 Å². The predicted octanol–water partition coefficient (Wildman–Crippen LogP) is 17.7. The van der Waals surface area contributed by atoms with E-state index in [4.69, 9.17) is 10.2 Å². The van der Waals surface area contributed by atoms with Gasteiger partial charge < -0.3 is 18.9 Å². The fourth-order valence-corrected chi connectivity index (χ4v) is 11.0. The molecule has 0 saturated heterocycles. The Balaban J connectivity index is 0.824. The van der Waals surface area contributed by atoms with Crippen LogP contribution in [0.2, 0.25) is 0 Å². The molecular weight excluding hydrogens is 915 g/mol. The van der Waals surface area contributed by atoms with Gasteiger partial charge in [-0.1, -0.05) is 127 Å². The molecule has 0 aliphatic carbocycles. The van der Waals surface area contributed by atoms with Crippen molar-refractivity contribution in [1.82, 2.24) is 23.9 Å². The van der Waals surface area contributed by atoms with Crippen LogP contribution in [0.1, 0.15) is 0 Å². The molecule has 0 amide bonds. The van der Waals surface area contributed by atoms with Gasteiger partial charge in [-0.05, 0) is 158 Å². The lowest BCUT2D eigenvalue weighted by Gasteiger charge is -2.25. The van der Waals surface area contributed by atoms with E-state index in [0.29, 0.717) is 0 Å². The summed E-state index contributed by atoms with van der Waals surface area (Å²) in [5.41, 5.74) is 16.2. The second-order valence-corrected chi connectivity index (χ2v) is 18.7. The van der Waals surface area contributed by atoms with E-state index in [-0.39, 0.29) is 0 Å². The van der Waals surface area contributed by atoms with Gasteiger partial charge in [-0.25, -0.2) is 0 Å². The zero-order chi connectivity index (χ0) is 49.7. The Hall–Kier alpha value is -10.2. The van der Waals surface area contributed by atoms with Gasteiger partial charge in [-0.2, -0.15) is 0 Å². The van der Waals surface area contributed by atoms with Crippen LogP contribution in [0.5, 0.6) is 0 Å². The fraction of sp³-hybridized carbons (Fsp3) is 0. The van der Waals surface area contributed by atoms with E-state index in [1.807, 2.05) is 6.07 Å². The first-order valence-electron chi connectivity index (χ1n) is 25.3. The number of anilines is 6. The van der Waals surface area contributed by atoms with Gasteiger partial charge in [0.2, 0.25) is 0 Å². The number of benzene rings is 11. The molecule has 0 bridgehead atoms. The van der Waals surface area contributed by atoms with Crippen molar-refractivity contribution < 1.29 is 0 Å². The van der Waals surface area contributed by atoms with E-state index in [0.717, 1.165) is 96.0 Å². The molecule has 75 heavy (non-hydrogen) atoms. The third-order valence-electron chi connectivity index (χ3n) is 14.3. The maximum atomic E-state index is 4.92. The monoisotopic (exact) mass is 961 g/mol. The average molecular weight is 962 g/mol. The van der Waals surface area contributed by atoms with E-state index in [1.54, 1.807) is 0 Å². The van der Waals surface area contributed by atoms with Crippen LogP contribution in [0.25, 0.3) is 83.4 Å². The van der Waals surface area contributed by atoms with E-state index >= 15 is 0 Å². The molecule has 0 spiro atoms. The highest BCUT2D eigenvalue weighted by molar-refractivity contribution is 6.12. The van der Waals surface area contributed by atoms with Crippen molar-refractivity contribution in [2.75, 3.05) is 9.80 Å². The highest BCUT2D eigenvalue weighted by Crippen LogP contribution is 2.42. The molecular formula is C68H47N7. The Morgan fingerprint density at radius 3 is 0.907 bits per heavy atom. The molecule has 7 nitrogen and oxygen atoms in total. The highest BCUT2D eigenvalue weighted by Gasteiger charge is 2.22. The lowest BCUT2D eigenvalue weighted by molar-refractivity contribution is 1.07. The van der Waals surface area contributed by atoms with Crippen LogP contribution in [-0.2, 0) is 0 Å². The molecule has 0 N–H and O–H groups in total. The molecule has 3 aromatic heterocycles. The van der Waals surface area contributed by atoms with Crippen molar-refractivity contribution >= 4 is 77.7 Å². The van der Waals surface area contributed by atoms with Crippen LogP contribution in [0, 0.1) is 0 Å². The molecule has 0 radical (unpaired) electrons. The van der Waals surface area contributed by atoms with Gasteiger partial charge in [0.15, 0.2) is 11.6 Å². The standard InChI is InChI=1S/C68H47N7/c1-6-20-50(21-7-1)71(51-22-8-2-9-23-51)57-42-44-65-61(46-57)59-30-16-18-32-63(59)73(65)55-38-34-48(35-39-55)67-69-70-68(75(67)54-28-14-5-15-29-54)49-36-40-56(41-37-49)74-64-33-19-17-31-60(64)62-47-58(43-45-66(62)74)72(52-24-10-3-11-25-52)53-26-12-4-13-27-53/h1-47H. The largest absolute Gasteiger partial charge is 0.310 e. The fourth-order valence-electron chi connectivity index (χ4n) is 11.0. The Morgan fingerprint density at radius 2 is 0.533 bits per heavy atom. The van der Waals surface area contributed by atoms with Crippen molar-refractivity contribution in [3.05, 3.63) is 285 Å². The van der Waals surface area contributed by atoms with Crippen molar-refractivity contribution in [1.29, 1.82) is 0 Å². The molecule has 0 aliphatic heterocycles. The third kappa shape index (κ3) is 7.61. The van der Waals surface area contributed by atoms with Gasteiger partial charge in [-0.15, -0.1) is 10.2 Å². The number of fused-ring (bicyclic) bond motifs is 6. The summed E-state index contributed by atoms with van der Waals surface area (Å²) in [7, 11) is 0. The minimum Gasteiger partial charge on any atom is -0.310 e. The summed E-state index contributed by atoms with van der Waals surface area (Å²) in [5, 5.41) is 14.6. The van der Waals surface area contributed by atoms with Crippen LogP contribution in [0.3, 0.4) is 0 Å². The molecule has 0 fully saturated rings. The molecule has 0 atom stereocenters. The molecule has 7 heteroatoms. The Bertz CT molecular complexity index is 3980. The van der Waals surface area contributed by atoms with Crippen LogP contribution in [0.15, 0.2) is 285 Å². The smallest absolute Gasteiger partial charge is 0.168 e. The first-order valence-corrected chi connectivity index (χ1v) is 25.3. The van der Waals surface area contributed by atoms with E-state index in [1.165, 1.54) is 21.5 Å². The minimum atomic E-state index is 0.763. The first kappa shape index (κ1) is 43.5. The Kier molecular flexibility index (Phi) is 10.7. The third-order valence-corrected chi connectivity index (χ3v) is 14.3. The van der Waals surface area contributed by atoms with Crippen molar-refractivity contribution in [2.24, 2.45) is 0 Å². The van der Waals surface area contributed by atoms with Crippen LogP contribution >= 0.6 is 0 Å². The number of nitrogens with zero attached hydrogens (tertiary/aromatic N) is 7. The number of hydrogen-bond acceptors (Lipinski definition) is 4. The normalized spacial score (nSPS) is 11.5. The quantitative estimate of drug-likeness (QED) is 0.130. The Labute approximate surface area is 434 Å². The second kappa shape index (κ2) is 18.4. The van der Waals surface area contributed by atoms with Gasteiger partial charge in [0.25, 0.3) is 0 Å². The van der Waals surface area contributed by atoms with E-state index < -0.39 is 0 Å². The summed E-state index contributed by atoms with van der Waals surface area (Å²) in [6, 6.07) is 101. The summed E-state index contributed by atoms with van der Waals surface area (Å²) >= 11 is 0. The Morgan fingerprint density at radius 1 is 0.227 bits per heavy atom. The molecule has 0 unspecified atom stereocenters. The van der Waals surface area contributed by atoms with Crippen molar-refractivity contribution in [3.8, 4) is 39.8 Å². The van der Waals surface area contributed by atoms with Gasteiger partial charge in [0, 0.05) is 83.9 Å². The number of rotatable bonds is 11. The summed E-state index contributed by atoms with van der Waals surface area (Å²) in [5.74, 6) is 1.53. The number of hydrogen-bond donors (Lipinski definition) is 0. The maximum absolute atomic E-state index is 4.92. The van der Waals surface area contributed by atoms with Crippen LogP contribution < -0.4 is 9.80 Å². The van der Waals surface area contributed by atoms with Gasteiger partial charge in [-0.3, -0.25) is 4.57 Å². The van der Waals surface area contributed by atoms with E-state index in [9.17, 15) is 0 Å². The van der Waals surface area contributed by atoms with Gasteiger partial charge in [0.1, 0.15) is 0 Å². The molecule has 14 rings (SSSR count). The molecule has 11 aromatic carbocycles. The van der Waals surface area contributed by atoms with Gasteiger partial charge in [0.05, 0.1) is 22.1 Å². The number of aromatic nitrogens is 5. The topological polar surface area (TPSA) is 47.1 Å². The minimum absolute atomic E-state index is 0.763. The van der Waals surface area contributed by atoms with Crippen LogP contribution in [0.4, 0.5) is 34.1 Å². The van der Waals surface area contributed by atoms with Crippen molar-refractivity contribution in [3.63, 3.8) is 0 Å². The highest BCUT2D eigenvalue weighted by atomic mass is 15.3. The zero-order valence-electron chi connectivity index (χ0n) is 40.8. The van der Waals surface area contributed by atoms with E-state index in [2.05, 4.69) is 303 Å². The second-order valence-electron chi connectivity index (χ2n) is 18.7. The zero-order valence-corrected chi connectivity index (χ0v) is 40.8. The molecule has 0 saturated carbocycles. The summed E-state index contributed by atoms with van der Waals surface area (Å²) < 4.78 is 6.90. The summed E-state index contributed by atoms with van der Waals surface area (Å²) in [4.78, 5) is 4.64. The van der Waals surface area contributed by atoms with Crippen molar-refractivity contribution in [2.45, 2.75) is 0 Å². The lowest BCUT2D eigenvalue weighted by Crippen LogP contribution is -2.09. The van der Waals surface area contributed by atoms with Crippen LogP contribution in [-0.4, -0.2) is 23.9 Å². The molecule has 3 heterocycles. The number of para-hydroxylation sites is 7. The SMILES string of the molecule is c1ccc(N(c2ccccc2)c2ccc3c(c2)c2ccccc2n3-c2ccc(-c3nnc(-c4ccc(-n5c6ccccc6c6cc(N(c7ccccc7)c7ccccc7)ccc65)cc4)n3-c3ccccc3)cc2)cc1. The molecule has 14 aromatic rings. The summed E-state index contributed by atoms with van der Waals surface area (Å²) in [6.07, 6.45) is 0. The first-order chi connectivity index (χ1) is 37.2.